The summed E-state index contributed by atoms with van der Waals surface area (Å²) in [6.45, 7) is 6.01. The summed E-state index contributed by atoms with van der Waals surface area (Å²) >= 11 is 0. The second-order valence-electron chi connectivity index (χ2n) is 6.41. The van der Waals surface area contributed by atoms with Crippen molar-refractivity contribution in [1.82, 2.24) is 15.1 Å². The van der Waals surface area contributed by atoms with E-state index in [9.17, 15) is 4.79 Å². The summed E-state index contributed by atoms with van der Waals surface area (Å²) in [6, 6.07) is 8.66. The standard InChI is InChI=1S/C18H27N3O2/c1-23-17-5-2-15(3-6-17)4-7-18(22)21-12-10-20(11-13-21)16-8-9-19-14-16/h2-3,5-6,16,19H,4,7-14H2,1H3. The molecule has 126 valence electrons. The lowest BCUT2D eigenvalue weighted by atomic mass is 10.1. The van der Waals surface area contributed by atoms with Crippen LogP contribution in [0.1, 0.15) is 18.4 Å². The molecule has 2 aliphatic heterocycles. The highest BCUT2D eigenvalue weighted by Crippen LogP contribution is 2.15. The third kappa shape index (κ3) is 4.24. The first kappa shape index (κ1) is 16.3. The van der Waals surface area contributed by atoms with Gasteiger partial charge in [0.25, 0.3) is 0 Å². The number of rotatable bonds is 5. The Labute approximate surface area is 138 Å². The highest BCUT2D eigenvalue weighted by molar-refractivity contribution is 5.76. The Hall–Kier alpha value is -1.59. The summed E-state index contributed by atoms with van der Waals surface area (Å²) in [5.41, 5.74) is 1.19. The Morgan fingerprint density at radius 2 is 1.96 bits per heavy atom. The molecule has 2 aliphatic rings. The maximum atomic E-state index is 12.4. The van der Waals surface area contributed by atoms with E-state index in [0.717, 1.165) is 51.4 Å². The summed E-state index contributed by atoms with van der Waals surface area (Å²) in [6.07, 6.45) is 2.64. The van der Waals surface area contributed by atoms with Crippen molar-refractivity contribution in [3.63, 3.8) is 0 Å². The molecule has 23 heavy (non-hydrogen) atoms. The van der Waals surface area contributed by atoms with Crippen LogP contribution in [0.15, 0.2) is 24.3 Å². The lowest BCUT2D eigenvalue weighted by Gasteiger charge is -2.37. The van der Waals surface area contributed by atoms with Crippen LogP contribution in [0.3, 0.4) is 0 Å². The number of aryl methyl sites for hydroxylation is 1. The number of carbonyl (C=O) groups excluding carboxylic acids is 1. The van der Waals surface area contributed by atoms with E-state index in [1.807, 2.05) is 29.2 Å². The van der Waals surface area contributed by atoms with Gasteiger partial charge in [0, 0.05) is 45.2 Å². The van der Waals surface area contributed by atoms with E-state index in [1.54, 1.807) is 7.11 Å². The molecule has 0 saturated carbocycles. The number of carbonyl (C=O) groups is 1. The Morgan fingerprint density at radius 1 is 1.22 bits per heavy atom. The molecule has 1 atom stereocenters. The Bertz CT molecular complexity index is 504. The summed E-state index contributed by atoms with van der Waals surface area (Å²) in [4.78, 5) is 17.0. The topological polar surface area (TPSA) is 44.8 Å². The van der Waals surface area contributed by atoms with E-state index in [1.165, 1.54) is 12.0 Å². The second kappa shape index (κ2) is 7.79. The van der Waals surface area contributed by atoms with Gasteiger partial charge in [0.2, 0.25) is 5.91 Å². The van der Waals surface area contributed by atoms with Gasteiger partial charge in [-0.2, -0.15) is 0 Å². The number of hydrogen-bond acceptors (Lipinski definition) is 4. The quantitative estimate of drug-likeness (QED) is 0.884. The Kier molecular flexibility index (Phi) is 5.51. The zero-order chi connectivity index (χ0) is 16.1. The molecule has 1 aromatic carbocycles. The van der Waals surface area contributed by atoms with Crippen molar-refractivity contribution in [2.75, 3.05) is 46.4 Å². The van der Waals surface area contributed by atoms with E-state index in [-0.39, 0.29) is 5.91 Å². The fourth-order valence-electron chi connectivity index (χ4n) is 3.49. The molecule has 0 aromatic heterocycles. The minimum Gasteiger partial charge on any atom is -0.497 e. The van der Waals surface area contributed by atoms with Crippen LogP contribution in [0.5, 0.6) is 5.75 Å². The number of amides is 1. The Morgan fingerprint density at radius 3 is 2.57 bits per heavy atom. The maximum absolute atomic E-state index is 12.4. The number of ether oxygens (including phenoxy) is 1. The monoisotopic (exact) mass is 317 g/mol. The fraction of sp³-hybridized carbons (Fsp3) is 0.611. The van der Waals surface area contributed by atoms with Gasteiger partial charge in [-0.15, -0.1) is 0 Å². The van der Waals surface area contributed by atoms with Gasteiger partial charge in [-0.05, 0) is 37.1 Å². The van der Waals surface area contributed by atoms with Gasteiger partial charge >= 0.3 is 0 Å². The van der Waals surface area contributed by atoms with Gasteiger partial charge in [-0.1, -0.05) is 12.1 Å². The molecule has 1 amide bonds. The second-order valence-corrected chi connectivity index (χ2v) is 6.41. The minimum atomic E-state index is 0.282. The summed E-state index contributed by atoms with van der Waals surface area (Å²) in [5.74, 6) is 1.14. The van der Waals surface area contributed by atoms with Crippen molar-refractivity contribution in [2.24, 2.45) is 0 Å². The normalized spacial score (nSPS) is 22.3. The molecule has 5 heteroatoms. The molecule has 1 unspecified atom stereocenters. The zero-order valence-corrected chi connectivity index (χ0v) is 14.0. The number of nitrogens with zero attached hydrogens (tertiary/aromatic N) is 2. The molecule has 3 rings (SSSR count). The first-order valence-corrected chi connectivity index (χ1v) is 8.62. The fourth-order valence-corrected chi connectivity index (χ4v) is 3.49. The van der Waals surface area contributed by atoms with Crippen LogP contribution < -0.4 is 10.1 Å². The van der Waals surface area contributed by atoms with Gasteiger partial charge in [-0.3, -0.25) is 9.69 Å². The predicted octanol–water partition coefficient (Wildman–Crippen LogP) is 1.13. The third-order valence-corrected chi connectivity index (χ3v) is 5.00. The van der Waals surface area contributed by atoms with Crippen LogP contribution in [0.25, 0.3) is 0 Å². The van der Waals surface area contributed by atoms with Crippen LogP contribution in [0.2, 0.25) is 0 Å². The SMILES string of the molecule is COc1ccc(CCC(=O)N2CCN(C3CCNC3)CC2)cc1. The van der Waals surface area contributed by atoms with E-state index in [0.29, 0.717) is 12.5 Å². The largest absolute Gasteiger partial charge is 0.497 e. The number of nitrogens with one attached hydrogen (secondary N) is 1. The highest BCUT2D eigenvalue weighted by atomic mass is 16.5. The average molecular weight is 317 g/mol. The lowest BCUT2D eigenvalue weighted by molar-refractivity contribution is -0.133. The molecule has 1 aromatic rings. The number of benzene rings is 1. The molecule has 0 bridgehead atoms. The molecule has 0 aliphatic carbocycles. The first-order valence-electron chi connectivity index (χ1n) is 8.62. The number of piperazine rings is 1. The van der Waals surface area contributed by atoms with E-state index >= 15 is 0 Å². The van der Waals surface area contributed by atoms with Crippen molar-refractivity contribution in [3.8, 4) is 5.75 Å². The van der Waals surface area contributed by atoms with Crippen LogP contribution in [-0.4, -0.2) is 68.1 Å². The molecule has 0 radical (unpaired) electrons. The summed E-state index contributed by atoms with van der Waals surface area (Å²) in [5, 5.41) is 3.42. The van der Waals surface area contributed by atoms with Gasteiger partial charge in [-0.25, -0.2) is 0 Å². The first-order chi connectivity index (χ1) is 11.3. The molecular formula is C18H27N3O2. The summed E-state index contributed by atoms with van der Waals surface area (Å²) in [7, 11) is 1.67. The Balaban J connectivity index is 1.42. The van der Waals surface area contributed by atoms with Crippen LogP contribution in [-0.2, 0) is 11.2 Å². The van der Waals surface area contributed by atoms with Crippen LogP contribution in [0.4, 0.5) is 0 Å². The highest BCUT2D eigenvalue weighted by Gasteiger charge is 2.27. The zero-order valence-electron chi connectivity index (χ0n) is 14.0. The van der Waals surface area contributed by atoms with Crippen molar-refractivity contribution in [2.45, 2.75) is 25.3 Å². The third-order valence-electron chi connectivity index (χ3n) is 5.00. The molecule has 2 fully saturated rings. The average Bonchev–Trinajstić information content (AvgIpc) is 3.15. The lowest BCUT2D eigenvalue weighted by Crippen LogP contribution is -2.52. The minimum absolute atomic E-state index is 0.282. The van der Waals surface area contributed by atoms with Gasteiger partial charge in [0.15, 0.2) is 0 Å². The molecular weight excluding hydrogens is 290 g/mol. The van der Waals surface area contributed by atoms with Gasteiger partial charge in [0.1, 0.15) is 5.75 Å². The van der Waals surface area contributed by atoms with Crippen molar-refractivity contribution < 1.29 is 9.53 Å². The number of methoxy groups -OCH3 is 1. The van der Waals surface area contributed by atoms with Gasteiger partial charge < -0.3 is 15.0 Å². The van der Waals surface area contributed by atoms with Crippen molar-refractivity contribution >= 4 is 5.91 Å². The molecule has 0 spiro atoms. The summed E-state index contributed by atoms with van der Waals surface area (Å²) < 4.78 is 5.16. The van der Waals surface area contributed by atoms with Crippen LogP contribution in [0, 0.1) is 0 Å². The van der Waals surface area contributed by atoms with Crippen molar-refractivity contribution in [1.29, 1.82) is 0 Å². The molecule has 1 N–H and O–H groups in total. The van der Waals surface area contributed by atoms with E-state index < -0.39 is 0 Å². The van der Waals surface area contributed by atoms with Crippen molar-refractivity contribution in [3.05, 3.63) is 29.8 Å². The smallest absolute Gasteiger partial charge is 0.222 e. The van der Waals surface area contributed by atoms with E-state index in [2.05, 4.69) is 10.2 Å². The maximum Gasteiger partial charge on any atom is 0.222 e. The predicted molar refractivity (Wildman–Crippen MR) is 90.7 cm³/mol. The van der Waals surface area contributed by atoms with E-state index in [4.69, 9.17) is 4.74 Å². The molecule has 2 saturated heterocycles. The molecule has 5 nitrogen and oxygen atoms in total. The van der Waals surface area contributed by atoms with Crippen LogP contribution >= 0.6 is 0 Å². The molecule has 2 heterocycles. The van der Waals surface area contributed by atoms with Gasteiger partial charge in [0.05, 0.1) is 7.11 Å². The number of hydrogen-bond donors (Lipinski definition) is 1.